The van der Waals surface area contributed by atoms with E-state index in [1.165, 1.54) is 60.2 Å². The molecular formula is C85H124N24O18S. The van der Waals surface area contributed by atoms with E-state index in [0.717, 1.165) is 36.3 Å². The zero-order valence-corrected chi connectivity index (χ0v) is 74.6. The standard InChI is InChI=1S/C85H124N24O18S/c1-10-12-26-66-78(121)98-58(25-19-29-92-85(88)89)75(118)104-65(74(117)94-41-70(87)113)44-128-45-71(114)97-61(32-50-21-15-14-16-22-50)81(124)106(7)49(5)72(115)100-63(37-69(86)112)83(126)109-30-20-28-67(109)79(122)99-59(36-54-40-91-47-96-54)76(119)101-60(31-48(3)4)80(123)105(6)42-55(111)34-51(33-53-39-90-46-95-53)73(116)103-64(43-110)77(120)102-62(35-52-38-93-57-24-18-17-23-56(52)57)82(125)108(9)68(27-13-11-2)84(127)107(66)8/h14-18,21-24,38-40,46-49,51,58-68,93,110H,10-13,19-20,25-37,41-45H2,1-9H3,(H2,86,112)(H2,87,113)(H,90,95)(H,91,96)(H,94,117)(H,97,114)(H,98,121)(H,99,122)(H,100,115)(H,101,119)(H,102,120)(H,103,116)(H,104,118)(H4,88,89,92)/t49-,51+,58-,59-,60-,61-,62-,63-,64-,65-,66-,67-,68-/m0/s1. The molecule has 3 aromatic heterocycles. The molecule has 0 radical (unpaired) electrons. The van der Waals surface area contributed by atoms with E-state index in [1.807, 2.05) is 13.8 Å². The smallest absolute Gasteiger partial charge is 0.246 e. The maximum Gasteiger partial charge on any atom is 0.246 e. The topological polar surface area (TPSA) is 622 Å². The zero-order valence-electron chi connectivity index (χ0n) is 73.8. The van der Waals surface area contributed by atoms with Crippen LogP contribution in [0.2, 0.25) is 0 Å². The maximum absolute atomic E-state index is 15.6. The Morgan fingerprint density at radius 1 is 0.602 bits per heavy atom. The summed E-state index contributed by atoms with van der Waals surface area (Å²) in [6, 6.07) is -2.45. The number of primary amides is 2. The number of Topliss-reactive ketones (excluding diaryl/α,β-unsaturated/α-hetero) is 1. The molecule has 13 atom stereocenters. The van der Waals surface area contributed by atoms with Crippen molar-refractivity contribution in [3.8, 4) is 0 Å². The number of amides is 16. The Labute approximate surface area is 746 Å². The molecule has 43 heteroatoms. The normalized spacial score (nSPS) is 23.9. The van der Waals surface area contributed by atoms with Gasteiger partial charge in [0.1, 0.15) is 72.5 Å². The molecule has 698 valence electrons. The predicted octanol–water partition coefficient (Wildman–Crippen LogP) is -2.81. The van der Waals surface area contributed by atoms with Gasteiger partial charge < -0.3 is 115 Å². The lowest BCUT2D eigenvalue weighted by molar-refractivity contribution is -0.149. The number of likely N-dealkylation sites (N-methyl/N-ethyl adjacent to an activating group) is 4. The van der Waals surface area contributed by atoms with Crippen LogP contribution in [0, 0.1) is 17.2 Å². The molecule has 0 bridgehead atoms. The van der Waals surface area contributed by atoms with Gasteiger partial charge in [-0.3, -0.25) is 86.9 Å². The van der Waals surface area contributed by atoms with Crippen molar-refractivity contribution in [2.24, 2.45) is 29.0 Å². The number of para-hydroxylation sites is 1. The Kier molecular flexibility index (Phi) is 40.3. The molecule has 0 saturated carbocycles. The maximum atomic E-state index is 15.6. The number of aliphatic hydroxyl groups is 1. The van der Waals surface area contributed by atoms with Crippen molar-refractivity contribution < 1.29 is 86.6 Å². The van der Waals surface area contributed by atoms with Crippen molar-refractivity contribution in [3.05, 3.63) is 108 Å². The fraction of sp³-hybridized carbons (Fsp3) is 0.553. The molecule has 2 fully saturated rings. The van der Waals surface area contributed by atoms with Crippen molar-refractivity contribution in [3.63, 3.8) is 0 Å². The summed E-state index contributed by atoms with van der Waals surface area (Å²) in [6.45, 7) is 6.07. The number of hydrogen-bond donors (Lipinski definition) is 18. The number of benzene rings is 2. The molecule has 2 aromatic carbocycles. The van der Waals surface area contributed by atoms with Gasteiger partial charge in [-0.25, -0.2) is 9.97 Å². The lowest BCUT2D eigenvalue weighted by atomic mass is 9.95. The number of nitrogens with zero attached hydrogens (tertiary/aromatic N) is 7. The second-order valence-electron chi connectivity index (χ2n) is 32.7. The van der Waals surface area contributed by atoms with Gasteiger partial charge in [-0.05, 0) is 75.0 Å². The van der Waals surface area contributed by atoms with Crippen LogP contribution in [0.4, 0.5) is 0 Å². The van der Waals surface area contributed by atoms with E-state index in [4.69, 9.17) is 22.6 Å². The highest BCUT2D eigenvalue weighted by molar-refractivity contribution is 8.00. The van der Waals surface area contributed by atoms with Gasteiger partial charge in [0.25, 0.3) is 0 Å². The Bertz CT molecular complexity index is 4670. The van der Waals surface area contributed by atoms with Crippen LogP contribution in [-0.4, -0.2) is 306 Å². The number of nitrogens with two attached hydrogens (primary N) is 3. The number of thioether (sulfide) groups is 1. The Hall–Kier alpha value is -12.8. The molecule has 0 aliphatic carbocycles. The van der Waals surface area contributed by atoms with E-state index in [0.29, 0.717) is 59.1 Å². The highest BCUT2D eigenvalue weighted by Crippen LogP contribution is 2.26. The van der Waals surface area contributed by atoms with E-state index in [-0.39, 0.29) is 89.6 Å². The highest BCUT2D eigenvalue weighted by atomic mass is 32.2. The van der Waals surface area contributed by atoms with Crippen LogP contribution in [0.1, 0.15) is 141 Å². The summed E-state index contributed by atoms with van der Waals surface area (Å²) in [4.78, 5) is 270. The van der Waals surface area contributed by atoms with Gasteiger partial charge in [-0.1, -0.05) is 102 Å². The number of carbonyl (C=O) groups excluding carboxylic acids is 17. The Morgan fingerprint density at radius 3 is 1.88 bits per heavy atom. The number of unbranched alkanes of at least 4 members (excludes halogenated alkanes) is 2. The van der Waals surface area contributed by atoms with Crippen LogP contribution < -0.4 is 70.4 Å². The number of carbonyl (C=O) groups is 17. The van der Waals surface area contributed by atoms with Gasteiger partial charge >= 0.3 is 0 Å². The monoisotopic (exact) mass is 1800 g/mol. The van der Waals surface area contributed by atoms with Gasteiger partial charge in [-0.2, -0.15) is 0 Å². The number of rotatable bonds is 26. The van der Waals surface area contributed by atoms with Gasteiger partial charge in [0.2, 0.25) is 94.5 Å². The molecular weight excluding hydrogens is 1680 g/mol. The summed E-state index contributed by atoms with van der Waals surface area (Å²) in [6.07, 6.45) is 6.72. The number of aromatic nitrogens is 5. The predicted molar refractivity (Wildman–Crippen MR) is 471 cm³/mol. The SMILES string of the molecule is CCCC[C@H]1C(=O)N(C)[C@@H](CCCC)C(=O)N[C@@H](CCCNC(=N)N)C(=O)N[C@H](C(=O)NCC(N)=O)CSCC(=O)N[C@@H](Cc2ccccc2)C(=O)N(C)[C@@H](C)C(=O)N[C@@H](CC(N)=O)C(=O)N2CCC[C@H]2C(=O)N[C@@H](Cc2cnc[nH]2)C(=O)N[C@@H](CC(C)C)C(=O)N(C)CC(=O)C[C@@H](Cc2c[nH]cn2)C(=O)N[C@@H](CO)C(=O)N[C@@H](Cc2c[nH]c3ccccc23)C(=O)N1C. The lowest BCUT2D eigenvalue weighted by Crippen LogP contribution is -2.61. The fourth-order valence-electron chi connectivity index (χ4n) is 15.1. The van der Waals surface area contributed by atoms with Crippen molar-refractivity contribution >= 4 is 129 Å². The minimum absolute atomic E-state index is 0.00136. The number of aliphatic hydroxyl groups excluding tert-OH is 1. The van der Waals surface area contributed by atoms with E-state index in [1.54, 1.807) is 74.6 Å². The van der Waals surface area contributed by atoms with Crippen LogP contribution in [-0.2, 0) is 107 Å². The van der Waals surface area contributed by atoms with Crippen LogP contribution >= 0.6 is 11.8 Å². The number of H-pyrrole nitrogens is 3. The first-order chi connectivity index (χ1) is 60.9. The fourth-order valence-corrected chi connectivity index (χ4v) is 16.0. The number of hydrogen-bond acceptors (Lipinski definition) is 22. The number of ketones is 1. The number of imidazole rings is 2. The van der Waals surface area contributed by atoms with E-state index >= 15 is 14.4 Å². The average Bonchev–Trinajstić information content (AvgIpc) is 1.46. The van der Waals surface area contributed by atoms with E-state index in [2.05, 4.69) is 78.1 Å². The molecule has 21 N–H and O–H groups in total. The second kappa shape index (κ2) is 50.5. The molecule has 5 aromatic rings. The molecule has 5 heterocycles. The summed E-state index contributed by atoms with van der Waals surface area (Å²) in [5, 5.41) is 45.9. The molecule has 0 spiro atoms. The molecule has 2 saturated heterocycles. The molecule has 42 nitrogen and oxygen atoms in total. The van der Waals surface area contributed by atoms with E-state index in [9.17, 15) is 72.2 Å². The summed E-state index contributed by atoms with van der Waals surface area (Å²) in [5.74, 6) is -18.0. The van der Waals surface area contributed by atoms with E-state index < -0.39 is 229 Å². The first-order valence-electron chi connectivity index (χ1n) is 42.9. The first-order valence-corrected chi connectivity index (χ1v) is 44.0. The Balaban J connectivity index is 1.28. The molecule has 2 aliphatic heterocycles. The first kappa shape index (κ1) is 102. The Morgan fingerprint density at radius 2 is 1.23 bits per heavy atom. The summed E-state index contributed by atoms with van der Waals surface area (Å²) in [7, 11) is 5.27. The minimum Gasteiger partial charge on any atom is -0.394 e. The van der Waals surface area contributed by atoms with Crippen LogP contribution in [0.3, 0.4) is 0 Å². The molecule has 0 unspecified atom stereocenters. The molecule has 128 heavy (non-hydrogen) atoms. The summed E-state index contributed by atoms with van der Waals surface area (Å²) >= 11 is 0.795. The van der Waals surface area contributed by atoms with Crippen LogP contribution in [0.15, 0.2) is 85.8 Å². The molecule has 16 amide bonds. The third kappa shape index (κ3) is 30.8. The summed E-state index contributed by atoms with van der Waals surface area (Å²) in [5.41, 5.74) is 19.1. The van der Waals surface area contributed by atoms with Gasteiger partial charge in [0.05, 0.1) is 56.1 Å². The summed E-state index contributed by atoms with van der Waals surface area (Å²) < 4.78 is 0. The third-order valence-electron chi connectivity index (χ3n) is 22.3. The number of guanidine groups is 1. The minimum atomic E-state index is -1.81. The average molecular weight is 1800 g/mol. The zero-order chi connectivity index (χ0) is 94.0. The largest absolute Gasteiger partial charge is 0.394 e. The number of nitrogens with one attached hydrogen (secondary N) is 14. The van der Waals surface area contributed by atoms with Crippen LogP contribution in [0.25, 0.3) is 10.9 Å². The van der Waals surface area contributed by atoms with Crippen molar-refractivity contribution in [1.29, 1.82) is 5.41 Å². The quantitative estimate of drug-likeness (QED) is 0.0151. The van der Waals surface area contributed by atoms with Gasteiger partial charge in [0.15, 0.2) is 11.7 Å². The molecule has 2 aliphatic rings. The van der Waals surface area contributed by atoms with Crippen molar-refractivity contribution in [1.82, 2.24) is 103 Å². The highest BCUT2D eigenvalue weighted by Gasteiger charge is 2.44. The third-order valence-corrected chi connectivity index (χ3v) is 23.3. The molecule has 7 rings (SSSR count). The van der Waals surface area contributed by atoms with Gasteiger partial charge in [-0.15, -0.1) is 11.8 Å². The van der Waals surface area contributed by atoms with Crippen molar-refractivity contribution in [2.45, 2.75) is 216 Å². The van der Waals surface area contributed by atoms with Crippen LogP contribution in [0.5, 0.6) is 0 Å². The van der Waals surface area contributed by atoms with Crippen molar-refractivity contribution in [2.75, 3.05) is 72.5 Å². The number of fused-ring (bicyclic) bond motifs is 2. The second-order valence-corrected chi connectivity index (χ2v) is 33.7. The van der Waals surface area contributed by atoms with Gasteiger partial charge in [0, 0.05) is 114 Å². The number of aromatic amines is 3. The lowest BCUT2D eigenvalue weighted by Gasteiger charge is -2.36.